The molecule has 1 aliphatic heterocycles. The molecule has 2 amide bonds. The Hall–Kier alpha value is -3.81. The predicted molar refractivity (Wildman–Crippen MR) is 113 cm³/mol. The van der Waals surface area contributed by atoms with Gasteiger partial charge < -0.3 is 19.9 Å². The second-order valence-corrected chi connectivity index (χ2v) is 7.21. The molecule has 3 aromatic rings. The van der Waals surface area contributed by atoms with Crippen LogP contribution in [0.2, 0.25) is 0 Å². The molecule has 1 fully saturated rings. The number of benzene rings is 2. The maximum Gasteiger partial charge on any atom is 0.330 e. The third-order valence-electron chi connectivity index (χ3n) is 5.21. The normalized spacial score (nSPS) is 16.0. The second-order valence-electron chi connectivity index (χ2n) is 7.21. The van der Waals surface area contributed by atoms with Crippen LogP contribution in [0.5, 0.6) is 5.75 Å². The molecule has 0 spiro atoms. The lowest BCUT2D eigenvalue weighted by atomic mass is 10.1. The number of hydrogen-bond acceptors (Lipinski definition) is 4. The first kappa shape index (κ1) is 19.5. The molecule has 8 heteroatoms. The van der Waals surface area contributed by atoms with Crippen LogP contribution in [0.15, 0.2) is 59.5 Å². The highest BCUT2D eigenvalue weighted by Gasteiger charge is 2.35. The molecule has 1 unspecified atom stereocenters. The third kappa shape index (κ3) is 3.71. The van der Waals surface area contributed by atoms with Crippen LogP contribution in [0.25, 0.3) is 5.69 Å². The fourth-order valence-corrected chi connectivity index (χ4v) is 3.64. The van der Waals surface area contributed by atoms with E-state index in [4.69, 9.17) is 4.74 Å². The van der Waals surface area contributed by atoms with Gasteiger partial charge in [0.2, 0.25) is 11.8 Å². The summed E-state index contributed by atoms with van der Waals surface area (Å²) in [5.74, 6) is -0.0745. The number of aromatic amines is 1. The van der Waals surface area contributed by atoms with Crippen molar-refractivity contribution in [1.82, 2.24) is 9.55 Å². The number of H-pyrrole nitrogens is 1. The number of carbonyl (C=O) groups is 2. The van der Waals surface area contributed by atoms with Crippen LogP contribution in [-0.4, -0.2) is 35.0 Å². The Balaban J connectivity index is 1.47. The quantitative estimate of drug-likeness (QED) is 0.680. The van der Waals surface area contributed by atoms with Crippen molar-refractivity contribution in [3.05, 3.63) is 70.9 Å². The van der Waals surface area contributed by atoms with Crippen LogP contribution in [0, 0.1) is 12.8 Å². The van der Waals surface area contributed by atoms with Gasteiger partial charge in [-0.25, -0.2) is 4.79 Å². The lowest BCUT2D eigenvalue weighted by Gasteiger charge is -2.17. The van der Waals surface area contributed by atoms with Gasteiger partial charge in [0.15, 0.2) is 0 Å². The highest BCUT2D eigenvalue weighted by molar-refractivity contribution is 6.03. The van der Waals surface area contributed by atoms with Crippen molar-refractivity contribution in [2.45, 2.75) is 13.3 Å². The Morgan fingerprint density at radius 2 is 1.90 bits per heavy atom. The number of anilines is 2. The summed E-state index contributed by atoms with van der Waals surface area (Å²) in [4.78, 5) is 41.5. The number of carbonyl (C=O) groups excluding carboxylic acids is 2. The number of nitrogens with one attached hydrogen (secondary N) is 2. The van der Waals surface area contributed by atoms with Crippen LogP contribution < -0.4 is 20.6 Å². The van der Waals surface area contributed by atoms with E-state index in [1.807, 2.05) is 6.92 Å². The summed E-state index contributed by atoms with van der Waals surface area (Å²) in [6.07, 6.45) is 1.78. The molecule has 30 heavy (non-hydrogen) atoms. The minimum absolute atomic E-state index is 0.0939. The van der Waals surface area contributed by atoms with Gasteiger partial charge in [-0.2, -0.15) is 0 Å². The fraction of sp³-hybridized carbons (Fsp3) is 0.227. The molecule has 1 aliphatic rings. The number of aryl methyl sites for hydroxylation is 1. The zero-order valence-corrected chi connectivity index (χ0v) is 16.7. The molecule has 1 aromatic heterocycles. The van der Waals surface area contributed by atoms with Crippen molar-refractivity contribution in [2.24, 2.45) is 5.92 Å². The molecular formula is C22H22N4O4. The lowest BCUT2D eigenvalue weighted by molar-refractivity contribution is -0.122. The molecular weight excluding hydrogens is 384 g/mol. The number of hydrogen-bond donors (Lipinski definition) is 2. The molecule has 1 atom stereocenters. The van der Waals surface area contributed by atoms with Gasteiger partial charge >= 0.3 is 5.69 Å². The molecule has 2 N–H and O–H groups in total. The minimum Gasteiger partial charge on any atom is -0.497 e. The van der Waals surface area contributed by atoms with Crippen LogP contribution in [-0.2, 0) is 9.59 Å². The van der Waals surface area contributed by atoms with E-state index in [0.717, 1.165) is 11.4 Å². The van der Waals surface area contributed by atoms with Gasteiger partial charge in [0, 0.05) is 36.2 Å². The Bertz CT molecular complexity index is 1150. The van der Waals surface area contributed by atoms with Crippen molar-refractivity contribution >= 4 is 23.2 Å². The monoisotopic (exact) mass is 406 g/mol. The van der Waals surface area contributed by atoms with E-state index < -0.39 is 5.92 Å². The first-order valence-electron chi connectivity index (χ1n) is 9.59. The second kappa shape index (κ2) is 7.90. The van der Waals surface area contributed by atoms with Gasteiger partial charge in [-0.1, -0.05) is 6.07 Å². The van der Waals surface area contributed by atoms with Crippen molar-refractivity contribution < 1.29 is 14.3 Å². The topological polar surface area (TPSA) is 96.4 Å². The summed E-state index contributed by atoms with van der Waals surface area (Å²) in [7, 11) is 1.58. The fourth-order valence-electron chi connectivity index (χ4n) is 3.64. The molecule has 2 heterocycles. The first-order valence-corrected chi connectivity index (χ1v) is 9.59. The lowest BCUT2D eigenvalue weighted by Crippen LogP contribution is -2.28. The maximum absolute atomic E-state index is 12.8. The maximum atomic E-state index is 12.8. The number of aromatic nitrogens is 2. The molecule has 0 radical (unpaired) electrons. The van der Waals surface area contributed by atoms with Gasteiger partial charge in [0.25, 0.3) is 0 Å². The summed E-state index contributed by atoms with van der Waals surface area (Å²) >= 11 is 0. The summed E-state index contributed by atoms with van der Waals surface area (Å²) in [6.45, 7) is 2.13. The van der Waals surface area contributed by atoms with Crippen LogP contribution in [0.3, 0.4) is 0 Å². The molecule has 8 nitrogen and oxygen atoms in total. The summed E-state index contributed by atoms with van der Waals surface area (Å²) < 4.78 is 6.67. The SMILES string of the molecule is COc1ccc(N2CC(C(=O)Nc3cccc(-n4c(C)c[nH]c4=O)c3)CC2=O)cc1. The van der Waals surface area contributed by atoms with E-state index >= 15 is 0 Å². The number of rotatable bonds is 5. The van der Waals surface area contributed by atoms with Gasteiger partial charge in [-0.3, -0.25) is 14.2 Å². The van der Waals surface area contributed by atoms with E-state index in [2.05, 4.69) is 10.3 Å². The van der Waals surface area contributed by atoms with Gasteiger partial charge in [-0.15, -0.1) is 0 Å². The average Bonchev–Trinajstić information content (AvgIpc) is 3.30. The van der Waals surface area contributed by atoms with Gasteiger partial charge in [0.05, 0.1) is 18.7 Å². The van der Waals surface area contributed by atoms with E-state index in [-0.39, 0.29) is 23.9 Å². The summed E-state index contributed by atoms with van der Waals surface area (Å²) in [6, 6.07) is 14.2. The average molecular weight is 406 g/mol. The Kier molecular flexibility index (Phi) is 5.14. The number of amides is 2. The van der Waals surface area contributed by atoms with Crippen molar-refractivity contribution in [3.63, 3.8) is 0 Å². The number of imidazole rings is 1. The standard InChI is InChI=1S/C22H22N4O4/c1-14-12-23-22(29)26(14)18-5-3-4-16(11-18)24-21(28)15-10-20(27)25(13-15)17-6-8-19(30-2)9-7-17/h3-9,11-12,15H,10,13H2,1-2H3,(H,23,29)(H,24,28). The van der Waals surface area contributed by atoms with Crippen molar-refractivity contribution in [3.8, 4) is 11.4 Å². The minimum atomic E-state index is -0.458. The zero-order valence-electron chi connectivity index (χ0n) is 16.7. The molecule has 0 saturated carbocycles. The van der Waals surface area contributed by atoms with E-state index in [9.17, 15) is 14.4 Å². The van der Waals surface area contributed by atoms with E-state index in [0.29, 0.717) is 23.7 Å². The van der Waals surface area contributed by atoms with E-state index in [1.54, 1.807) is 66.7 Å². The van der Waals surface area contributed by atoms with Crippen LogP contribution >= 0.6 is 0 Å². The zero-order chi connectivity index (χ0) is 21.3. The smallest absolute Gasteiger partial charge is 0.330 e. The highest BCUT2D eigenvalue weighted by atomic mass is 16.5. The first-order chi connectivity index (χ1) is 14.5. The predicted octanol–water partition coefficient (Wildman–Crippen LogP) is 2.47. The molecule has 4 rings (SSSR count). The van der Waals surface area contributed by atoms with E-state index in [1.165, 1.54) is 4.57 Å². The molecule has 1 saturated heterocycles. The summed E-state index contributed by atoms with van der Waals surface area (Å²) in [5.41, 5.74) is 2.48. The number of ether oxygens (including phenoxy) is 1. The third-order valence-corrected chi connectivity index (χ3v) is 5.21. The van der Waals surface area contributed by atoms with Crippen LogP contribution in [0.4, 0.5) is 11.4 Å². The number of methoxy groups -OCH3 is 1. The largest absolute Gasteiger partial charge is 0.497 e. The molecule has 0 aliphatic carbocycles. The van der Waals surface area contributed by atoms with Gasteiger partial charge in [-0.05, 0) is 49.4 Å². The van der Waals surface area contributed by atoms with Crippen LogP contribution in [0.1, 0.15) is 12.1 Å². The molecule has 154 valence electrons. The van der Waals surface area contributed by atoms with Crippen molar-refractivity contribution in [2.75, 3.05) is 23.9 Å². The van der Waals surface area contributed by atoms with Gasteiger partial charge in [0.1, 0.15) is 5.75 Å². The number of nitrogens with zero attached hydrogens (tertiary/aromatic N) is 2. The Labute approximate surface area is 173 Å². The highest BCUT2D eigenvalue weighted by Crippen LogP contribution is 2.27. The Morgan fingerprint density at radius 3 is 2.57 bits per heavy atom. The van der Waals surface area contributed by atoms with Crippen molar-refractivity contribution in [1.29, 1.82) is 0 Å². The summed E-state index contributed by atoms with van der Waals surface area (Å²) in [5, 5.41) is 2.87. The Morgan fingerprint density at radius 1 is 1.13 bits per heavy atom. The molecule has 2 aromatic carbocycles. The molecule has 0 bridgehead atoms.